The van der Waals surface area contributed by atoms with Gasteiger partial charge in [0.25, 0.3) is 5.91 Å². The molecule has 1 amide bonds. The van der Waals surface area contributed by atoms with Crippen LogP contribution in [0.1, 0.15) is 12.5 Å². The van der Waals surface area contributed by atoms with Gasteiger partial charge in [-0.05, 0) is 25.1 Å². The number of para-hydroxylation sites is 1. The first-order valence-electron chi connectivity index (χ1n) is 9.36. The quantitative estimate of drug-likeness (QED) is 0.850. The number of nitrogens with one attached hydrogen (secondary N) is 2. The molecule has 138 valence electrons. The summed E-state index contributed by atoms with van der Waals surface area (Å²) < 4.78 is 0. The van der Waals surface area contributed by atoms with E-state index in [1.54, 1.807) is 0 Å². The Morgan fingerprint density at radius 2 is 1.89 bits per heavy atom. The highest BCUT2D eigenvalue weighted by molar-refractivity contribution is 6.28. The number of piperazine rings is 1. The molecule has 0 spiro atoms. The molecule has 2 aromatic rings. The second-order valence-electron chi connectivity index (χ2n) is 7.38. The number of fused-ring (bicyclic) bond motifs is 3. The van der Waals surface area contributed by atoms with Crippen LogP contribution in [0, 0.1) is 5.41 Å². The topological polar surface area (TPSA) is 72.9 Å². The summed E-state index contributed by atoms with van der Waals surface area (Å²) >= 11 is 0. The van der Waals surface area contributed by atoms with Crippen LogP contribution in [0.4, 0.5) is 17.2 Å². The van der Waals surface area contributed by atoms with Crippen LogP contribution in [0.5, 0.6) is 0 Å². The average Bonchev–Trinajstić information content (AvgIpc) is 3.00. The Balaban J connectivity index is 1.60. The molecule has 0 radical (unpaired) electrons. The lowest BCUT2D eigenvalue weighted by atomic mass is 9.78. The minimum atomic E-state index is -0.676. The number of hydrazone groups is 1. The lowest BCUT2D eigenvalue weighted by molar-refractivity contribution is -0.122. The van der Waals surface area contributed by atoms with Gasteiger partial charge < -0.3 is 15.5 Å². The van der Waals surface area contributed by atoms with Crippen molar-refractivity contribution in [1.29, 1.82) is 0 Å². The highest BCUT2D eigenvalue weighted by Crippen LogP contribution is 2.43. The van der Waals surface area contributed by atoms with Gasteiger partial charge in [-0.1, -0.05) is 18.2 Å². The zero-order valence-corrected chi connectivity index (χ0v) is 15.3. The molecular formula is C20H22N6O. The molecule has 5 rings (SSSR count). The van der Waals surface area contributed by atoms with Gasteiger partial charge in [0.1, 0.15) is 5.41 Å². The SMILES string of the molecule is CC12CNc3c(ccnc3N3CCNCC3)C1=NN(c1ccccc1)C2=O. The van der Waals surface area contributed by atoms with Gasteiger partial charge in [-0.3, -0.25) is 4.79 Å². The van der Waals surface area contributed by atoms with E-state index in [1.807, 2.05) is 49.5 Å². The number of carbonyl (C=O) groups is 1. The van der Waals surface area contributed by atoms with Crippen LogP contribution < -0.4 is 20.5 Å². The highest BCUT2D eigenvalue weighted by Gasteiger charge is 2.51. The maximum Gasteiger partial charge on any atom is 0.261 e. The van der Waals surface area contributed by atoms with Crippen molar-refractivity contribution in [2.75, 3.05) is 47.9 Å². The molecule has 3 aliphatic rings. The zero-order valence-electron chi connectivity index (χ0n) is 15.3. The summed E-state index contributed by atoms with van der Waals surface area (Å²) in [6.45, 7) is 6.23. The summed E-state index contributed by atoms with van der Waals surface area (Å²) in [5.74, 6) is 0.951. The standard InChI is InChI=1S/C20H22N6O/c1-20-13-23-16-15(7-8-22-18(16)25-11-9-21-10-12-25)17(20)24-26(19(20)27)14-5-3-2-4-6-14/h2-8,21,23H,9-13H2,1H3. The molecule has 2 N–H and O–H groups in total. The van der Waals surface area contributed by atoms with Crippen LogP contribution in [0.2, 0.25) is 0 Å². The molecule has 1 aromatic heterocycles. The van der Waals surface area contributed by atoms with Gasteiger partial charge in [0, 0.05) is 44.5 Å². The normalized spacial score (nSPS) is 24.2. The molecule has 0 saturated carbocycles. The Labute approximate surface area is 158 Å². The fraction of sp³-hybridized carbons (Fsp3) is 0.350. The first kappa shape index (κ1) is 16.3. The molecule has 1 aromatic carbocycles. The van der Waals surface area contributed by atoms with Crippen LogP contribution in [0.3, 0.4) is 0 Å². The maximum absolute atomic E-state index is 13.2. The van der Waals surface area contributed by atoms with Crippen molar-refractivity contribution < 1.29 is 4.79 Å². The molecule has 1 unspecified atom stereocenters. The van der Waals surface area contributed by atoms with E-state index in [4.69, 9.17) is 5.10 Å². The summed E-state index contributed by atoms with van der Waals surface area (Å²) in [7, 11) is 0. The van der Waals surface area contributed by atoms with Gasteiger partial charge in [-0.2, -0.15) is 10.1 Å². The van der Waals surface area contributed by atoms with Crippen molar-refractivity contribution in [2.45, 2.75) is 6.92 Å². The zero-order chi connectivity index (χ0) is 18.4. The molecule has 27 heavy (non-hydrogen) atoms. The number of pyridine rings is 1. The Bertz CT molecular complexity index is 921. The van der Waals surface area contributed by atoms with E-state index in [2.05, 4.69) is 20.5 Å². The van der Waals surface area contributed by atoms with Crippen LogP contribution in [-0.4, -0.2) is 49.3 Å². The molecule has 7 nitrogen and oxygen atoms in total. The van der Waals surface area contributed by atoms with Crippen LogP contribution in [0.15, 0.2) is 47.7 Å². The van der Waals surface area contributed by atoms with E-state index in [0.717, 1.165) is 54.6 Å². The third-order valence-corrected chi connectivity index (χ3v) is 5.61. The molecule has 3 aliphatic heterocycles. The predicted octanol–water partition coefficient (Wildman–Crippen LogP) is 1.67. The van der Waals surface area contributed by atoms with Crippen LogP contribution in [0.25, 0.3) is 0 Å². The third-order valence-electron chi connectivity index (χ3n) is 5.61. The average molecular weight is 362 g/mol. The number of rotatable bonds is 2. The van der Waals surface area contributed by atoms with Crippen molar-refractivity contribution in [2.24, 2.45) is 10.5 Å². The Hall–Kier alpha value is -2.93. The number of amides is 1. The number of nitrogens with zero attached hydrogens (tertiary/aromatic N) is 4. The van der Waals surface area contributed by atoms with Crippen molar-refractivity contribution >= 4 is 28.8 Å². The Morgan fingerprint density at radius 1 is 1.11 bits per heavy atom. The van der Waals surface area contributed by atoms with Gasteiger partial charge in [-0.15, -0.1) is 0 Å². The first-order chi connectivity index (χ1) is 13.2. The molecule has 1 fully saturated rings. The second-order valence-corrected chi connectivity index (χ2v) is 7.38. The van der Waals surface area contributed by atoms with Crippen LogP contribution >= 0.6 is 0 Å². The van der Waals surface area contributed by atoms with Crippen LogP contribution in [-0.2, 0) is 4.79 Å². The third kappa shape index (κ3) is 2.42. The highest BCUT2D eigenvalue weighted by atomic mass is 16.2. The summed E-state index contributed by atoms with van der Waals surface area (Å²) in [5, 5.41) is 13.2. The van der Waals surface area contributed by atoms with E-state index in [1.165, 1.54) is 5.01 Å². The number of hydrogen-bond donors (Lipinski definition) is 2. The van der Waals surface area contributed by atoms with Gasteiger partial charge in [0.2, 0.25) is 0 Å². The molecule has 1 atom stereocenters. The number of benzene rings is 1. The Morgan fingerprint density at radius 3 is 2.67 bits per heavy atom. The van der Waals surface area contributed by atoms with E-state index in [-0.39, 0.29) is 5.91 Å². The van der Waals surface area contributed by atoms with Gasteiger partial charge in [0.05, 0.1) is 17.1 Å². The Kier molecular flexibility index (Phi) is 3.65. The van der Waals surface area contributed by atoms with Gasteiger partial charge >= 0.3 is 0 Å². The van der Waals surface area contributed by atoms with Crippen molar-refractivity contribution in [3.05, 3.63) is 48.2 Å². The second kappa shape index (κ2) is 6.06. The number of hydrogen-bond acceptors (Lipinski definition) is 6. The first-order valence-corrected chi connectivity index (χ1v) is 9.36. The van der Waals surface area contributed by atoms with E-state index in [0.29, 0.717) is 6.54 Å². The summed E-state index contributed by atoms with van der Waals surface area (Å²) in [5.41, 5.74) is 2.90. The summed E-state index contributed by atoms with van der Waals surface area (Å²) in [6, 6.07) is 11.6. The smallest absolute Gasteiger partial charge is 0.261 e. The fourth-order valence-electron chi connectivity index (χ4n) is 4.05. The summed E-state index contributed by atoms with van der Waals surface area (Å²) in [4.78, 5) is 20.1. The maximum atomic E-state index is 13.2. The molecule has 0 aliphatic carbocycles. The minimum absolute atomic E-state index is 0.00221. The van der Waals surface area contributed by atoms with E-state index >= 15 is 0 Å². The molecule has 7 heteroatoms. The number of carbonyl (C=O) groups excluding carboxylic acids is 1. The molecule has 4 heterocycles. The van der Waals surface area contributed by atoms with Crippen molar-refractivity contribution in [3.63, 3.8) is 0 Å². The van der Waals surface area contributed by atoms with E-state index in [9.17, 15) is 4.79 Å². The fourth-order valence-corrected chi connectivity index (χ4v) is 4.05. The van der Waals surface area contributed by atoms with Gasteiger partial charge in [0.15, 0.2) is 5.82 Å². The molecule has 0 bridgehead atoms. The molecular weight excluding hydrogens is 340 g/mol. The predicted molar refractivity (Wildman–Crippen MR) is 106 cm³/mol. The van der Waals surface area contributed by atoms with Crippen molar-refractivity contribution in [1.82, 2.24) is 10.3 Å². The van der Waals surface area contributed by atoms with Crippen molar-refractivity contribution in [3.8, 4) is 0 Å². The van der Waals surface area contributed by atoms with Gasteiger partial charge in [-0.25, -0.2) is 4.98 Å². The van der Waals surface area contributed by atoms with E-state index < -0.39 is 5.41 Å². The number of aromatic nitrogens is 1. The summed E-state index contributed by atoms with van der Waals surface area (Å²) in [6.07, 6.45) is 1.82. The monoisotopic (exact) mass is 362 g/mol. The minimum Gasteiger partial charge on any atom is -0.380 e. The largest absolute Gasteiger partial charge is 0.380 e. The lowest BCUT2D eigenvalue weighted by Crippen LogP contribution is -2.47. The molecule has 1 saturated heterocycles. The number of anilines is 3. The lowest BCUT2D eigenvalue weighted by Gasteiger charge is -2.35.